The number of rotatable bonds is 4. The van der Waals surface area contributed by atoms with Crippen LogP contribution in [0.1, 0.15) is 58.8 Å². The zero-order valence-corrected chi connectivity index (χ0v) is 19.9. The van der Waals surface area contributed by atoms with Crippen LogP contribution < -0.4 is 0 Å². The molecule has 0 aromatic carbocycles. The number of carbonyl (C=O) groups is 1. The molecule has 8 atom stereocenters. The zero-order chi connectivity index (χ0) is 22.7. The Hall–Kier alpha value is -1.37. The van der Waals surface area contributed by atoms with E-state index in [9.17, 15) is 9.90 Å². The second kappa shape index (κ2) is 8.14. The summed E-state index contributed by atoms with van der Waals surface area (Å²) < 4.78 is 22.9. The first kappa shape index (κ1) is 22.4. The average molecular weight is 447 g/mol. The second-order valence-electron chi connectivity index (χ2n) is 11.0. The number of fused-ring (bicyclic) bond motifs is 4. The van der Waals surface area contributed by atoms with E-state index in [1.54, 1.807) is 7.11 Å². The van der Waals surface area contributed by atoms with Crippen molar-refractivity contribution < 1.29 is 28.8 Å². The Balaban J connectivity index is 1.53. The lowest BCUT2D eigenvalue weighted by molar-refractivity contribution is -0.185. The normalized spacial score (nSPS) is 45.1. The molecule has 0 saturated heterocycles. The Morgan fingerprint density at radius 1 is 1.25 bits per heavy atom. The Kier molecular flexibility index (Phi) is 5.70. The topological polar surface area (TPSA) is 74.2 Å². The molecule has 0 unspecified atom stereocenters. The maximum atomic E-state index is 12.3. The summed E-state index contributed by atoms with van der Waals surface area (Å²) in [5.74, 6) is 1.83. The van der Waals surface area contributed by atoms with Crippen LogP contribution in [-0.2, 0) is 23.7 Å². The predicted molar refractivity (Wildman–Crippen MR) is 118 cm³/mol. The van der Waals surface area contributed by atoms with Crippen LogP contribution in [-0.4, -0.2) is 50.9 Å². The van der Waals surface area contributed by atoms with Crippen LogP contribution >= 0.6 is 0 Å². The first-order valence-electron chi connectivity index (χ1n) is 12.3. The van der Waals surface area contributed by atoms with Gasteiger partial charge >= 0.3 is 5.97 Å². The molecule has 0 radical (unpaired) electrons. The van der Waals surface area contributed by atoms with Crippen molar-refractivity contribution in [3.05, 3.63) is 23.0 Å². The average Bonchev–Trinajstić information content (AvgIpc) is 3.19. The zero-order valence-electron chi connectivity index (χ0n) is 19.9. The summed E-state index contributed by atoms with van der Waals surface area (Å²) in [5.41, 5.74) is 2.47. The third-order valence-electron chi connectivity index (χ3n) is 9.93. The molecule has 0 aromatic heterocycles. The molecule has 0 bridgehead atoms. The molecule has 1 spiro atoms. The van der Waals surface area contributed by atoms with Gasteiger partial charge in [0, 0.05) is 13.0 Å². The summed E-state index contributed by atoms with van der Waals surface area (Å²) in [6.45, 7) is 5.21. The lowest BCUT2D eigenvalue weighted by Gasteiger charge is -2.62. The lowest BCUT2D eigenvalue weighted by atomic mass is 9.44. The smallest absolute Gasteiger partial charge is 0.373 e. The van der Waals surface area contributed by atoms with Crippen LogP contribution in [0.2, 0.25) is 0 Å². The number of ether oxygens (including phenoxy) is 4. The van der Waals surface area contributed by atoms with Crippen molar-refractivity contribution in [3.63, 3.8) is 0 Å². The minimum absolute atomic E-state index is 0.0148. The molecule has 178 valence electrons. The SMILES string of the molecule is COCO[C@@H]1C[C@H]2[C@@H](CC[C@H]3C[C@@H](O)CC[C@@]32C)C2=CC[C@@H]3C(C)=C(C(=O)OC)OC[C@]231. The van der Waals surface area contributed by atoms with Crippen molar-refractivity contribution >= 4 is 5.97 Å². The maximum absolute atomic E-state index is 12.3. The van der Waals surface area contributed by atoms with E-state index >= 15 is 0 Å². The third-order valence-corrected chi connectivity index (χ3v) is 9.93. The molecule has 1 heterocycles. The van der Waals surface area contributed by atoms with Gasteiger partial charge < -0.3 is 24.1 Å². The molecule has 1 N–H and O–H groups in total. The molecule has 32 heavy (non-hydrogen) atoms. The molecule has 6 nitrogen and oxygen atoms in total. The van der Waals surface area contributed by atoms with E-state index < -0.39 is 0 Å². The first-order valence-corrected chi connectivity index (χ1v) is 12.3. The number of aliphatic hydroxyl groups excluding tert-OH is 1. The summed E-state index contributed by atoms with van der Waals surface area (Å²) in [5, 5.41) is 10.3. The lowest BCUT2D eigenvalue weighted by Crippen LogP contribution is -2.60. The predicted octanol–water partition coefficient (Wildman–Crippen LogP) is 3.98. The van der Waals surface area contributed by atoms with Gasteiger partial charge in [0.1, 0.15) is 13.4 Å². The van der Waals surface area contributed by atoms with Crippen LogP contribution in [0.5, 0.6) is 0 Å². The standard InChI is InChI=1S/C26H38O6/c1-15-19-7-8-20-18-6-5-16-11-17(27)9-10-25(16,2)21(18)12-22(32-14-29-3)26(19,20)13-31-23(15)24(28)30-4/h8,16-19,21-22,27H,5-7,9-14H2,1-4H3/t16-,17-,18-,19+,21-,22+,25-,26+/m0/s1. The summed E-state index contributed by atoms with van der Waals surface area (Å²) in [6, 6.07) is 0. The summed E-state index contributed by atoms with van der Waals surface area (Å²) in [7, 11) is 3.08. The third kappa shape index (κ3) is 3.05. The Morgan fingerprint density at radius 2 is 2.06 bits per heavy atom. The molecule has 3 fully saturated rings. The number of carbonyl (C=O) groups excluding carboxylic acids is 1. The minimum atomic E-state index is -0.386. The van der Waals surface area contributed by atoms with E-state index in [2.05, 4.69) is 13.0 Å². The Morgan fingerprint density at radius 3 is 2.81 bits per heavy atom. The van der Waals surface area contributed by atoms with Crippen molar-refractivity contribution in [2.45, 2.75) is 71.0 Å². The van der Waals surface area contributed by atoms with E-state index in [1.165, 1.54) is 25.5 Å². The summed E-state index contributed by atoms with van der Waals surface area (Å²) >= 11 is 0. The van der Waals surface area contributed by atoms with Gasteiger partial charge in [-0.2, -0.15) is 0 Å². The van der Waals surface area contributed by atoms with Crippen molar-refractivity contribution in [2.24, 2.45) is 34.5 Å². The van der Waals surface area contributed by atoms with Gasteiger partial charge in [-0.25, -0.2) is 4.79 Å². The van der Waals surface area contributed by atoms with Gasteiger partial charge in [0.15, 0.2) is 0 Å². The Bertz CT molecular complexity index is 832. The molecular formula is C26H38O6. The maximum Gasteiger partial charge on any atom is 0.373 e. The van der Waals surface area contributed by atoms with E-state index in [1.807, 2.05) is 6.92 Å². The van der Waals surface area contributed by atoms with Gasteiger partial charge in [0.25, 0.3) is 0 Å². The highest BCUT2D eigenvalue weighted by molar-refractivity contribution is 5.87. The van der Waals surface area contributed by atoms with Gasteiger partial charge in [0.2, 0.25) is 5.76 Å². The van der Waals surface area contributed by atoms with E-state index in [0.29, 0.717) is 30.1 Å². The minimum Gasteiger partial charge on any atom is -0.486 e. The van der Waals surface area contributed by atoms with Gasteiger partial charge in [-0.05, 0) is 80.6 Å². The number of aliphatic hydroxyl groups is 1. The Labute approximate surface area is 191 Å². The quantitative estimate of drug-likeness (QED) is 0.400. The molecule has 3 saturated carbocycles. The van der Waals surface area contributed by atoms with Crippen molar-refractivity contribution in [1.29, 1.82) is 0 Å². The van der Waals surface area contributed by atoms with Crippen molar-refractivity contribution in [2.75, 3.05) is 27.6 Å². The fraction of sp³-hybridized carbons (Fsp3) is 0.808. The molecule has 5 rings (SSSR count). The second-order valence-corrected chi connectivity index (χ2v) is 11.0. The molecular weight excluding hydrogens is 408 g/mol. The van der Waals surface area contributed by atoms with Crippen LogP contribution in [0.4, 0.5) is 0 Å². The van der Waals surface area contributed by atoms with Crippen LogP contribution in [0.25, 0.3) is 0 Å². The number of methoxy groups -OCH3 is 2. The van der Waals surface area contributed by atoms with Crippen LogP contribution in [0.3, 0.4) is 0 Å². The van der Waals surface area contributed by atoms with Crippen molar-refractivity contribution in [3.8, 4) is 0 Å². The molecule has 0 amide bonds. The van der Waals surface area contributed by atoms with Gasteiger partial charge in [-0.15, -0.1) is 0 Å². The monoisotopic (exact) mass is 446 g/mol. The van der Waals surface area contributed by atoms with Gasteiger partial charge in [0.05, 0.1) is 24.7 Å². The van der Waals surface area contributed by atoms with Crippen LogP contribution in [0.15, 0.2) is 23.0 Å². The van der Waals surface area contributed by atoms with Crippen LogP contribution in [0, 0.1) is 34.5 Å². The summed E-state index contributed by atoms with van der Waals surface area (Å²) in [6.07, 6.45) is 9.45. The fourth-order valence-corrected chi connectivity index (χ4v) is 8.36. The molecule has 5 aliphatic rings. The summed E-state index contributed by atoms with van der Waals surface area (Å²) in [4.78, 5) is 12.3. The number of esters is 1. The van der Waals surface area contributed by atoms with E-state index in [4.69, 9.17) is 18.9 Å². The number of hydrogen-bond donors (Lipinski definition) is 1. The molecule has 6 heteroatoms. The highest BCUT2D eigenvalue weighted by atomic mass is 16.7. The first-order chi connectivity index (χ1) is 15.4. The number of allylic oxidation sites excluding steroid dienone is 2. The van der Waals surface area contributed by atoms with E-state index in [0.717, 1.165) is 37.7 Å². The van der Waals surface area contributed by atoms with Crippen molar-refractivity contribution in [1.82, 2.24) is 0 Å². The van der Waals surface area contributed by atoms with E-state index in [-0.39, 0.29) is 41.7 Å². The largest absolute Gasteiger partial charge is 0.486 e. The van der Waals surface area contributed by atoms with Gasteiger partial charge in [-0.1, -0.05) is 18.6 Å². The molecule has 4 aliphatic carbocycles. The molecule has 1 aliphatic heterocycles. The molecule has 0 aromatic rings. The highest BCUT2D eigenvalue weighted by Crippen LogP contribution is 2.68. The number of hydrogen-bond acceptors (Lipinski definition) is 6. The van der Waals surface area contributed by atoms with Gasteiger partial charge in [-0.3, -0.25) is 0 Å². The fourth-order valence-electron chi connectivity index (χ4n) is 8.36. The highest BCUT2D eigenvalue weighted by Gasteiger charge is 2.64.